The number of nitrogens with two attached hydrogens (primary N) is 1. The van der Waals surface area contributed by atoms with Crippen molar-refractivity contribution >= 4 is 21.5 Å². The summed E-state index contributed by atoms with van der Waals surface area (Å²) in [6.07, 6.45) is 1.16. The van der Waals surface area contributed by atoms with Crippen molar-refractivity contribution in [3.63, 3.8) is 0 Å². The van der Waals surface area contributed by atoms with E-state index < -0.39 is 9.84 Å². The normalized spacial score (nSPS) is 12.3. The molecule has 0 fully saturated rings. The highest BCUT2D eigenvalue weighted by molar-refractivity contribution is 7.90. The third-order valence-corrected chi connectivity index (χ3v) is 3.38. The Morgan fingerprint density at radius 3 is 2.47 bits per heavy atom. The van der Waals surface area contributed by atoms with E-state index in [4.69, 9.17) is 10.6 Å². The lowest BCUT2D eigenvalue weighted by molar-refractivity contribution is 0.208. The fourth-order valence-electron chi connectivity index (χ4n) is 1.29. The predicted octanol–water partition coefficient (Wildman–Crippen LogP) is -0.0323. The third kappa shape index (κ3) is 5.25. The quantitative estimate of drug-likeness (QED) is 0.231. The van der Waals surface area contributed by atoms with Crippen LogP contribution in [0.2, 0.25) is 0 Å². The van der Waals surface area contributed by atoms with Crippen LogP contribution in [0.3, 0.4) is 0 Å². The number of methoxy groups -OCH3 is 1. The molecule has 0 unspecified atom stereocenters. The summed E-state index contributed by atoms with van der Waals surface area (Å²) < 4.78 is 27.5. The third-order valence-electron chi connectivity index (χ3n) is 2.25. The van der Waals surface area contributed by atoms with Crippen LogP contribution in [-0.2, 0) is 14.6 Å². The van der Waals surface area contributed by atoms with Crippen molar-refractivity contribution < 1.29 is 13.2 Å². The van der Waals surface area contributed by atoms with Crippen LogP contribution >= 0.6 is 0 Å². The number of nitrogens with zero attached hydrogens (tertiary/aromatic N) is 1. The van der Waals surface area contributed by atoms with Gasteiger partial charge in [-0.25, -0.2) is 19.3 Å². The molecule has 19 heavy (non-hydrogen) atoms. The van der Waals surface area contributed by atoms with Crippen molar-refractivity contribution in [2.24, 2.45) is 10.8 Å². The highest BCUT2D eigenvalue weighted by atomic mass is 32.2. The molecule has 7 nitrogen and oxygen atoms in total. The van der Waals surface area contributed by atoms with Crippen LogP contribution in [-0.4, -0.2) is 40.9 Å². The summed E-state index contributed by atoms with van der Waals surface area (Å²) in [7, 11) is -1.60. The van der Waals surface area contributed by atoms with Crippen LogP contribution in [0, 0.1) is 0 Å². The lowest BCUT2D eigenvalue weighted by Gasteiger charge is -2.09. The highest BCUT2D eigenvalue weighted by Gasteiger charge is 2.06. The van der Waals surface area contributed by atoms with Crippen LogP contribution in [0.15, 0.2) is 34.2 Å². The van der Waals surface area contributed by atoms with Crippen molar-refractivity contribution in [3.8, 4) is 0 Å². The van der Waals surface area contributed by atoms with E-state index in [-0.39, 0.29) is 4.90 Å². The first kappa shape index (κ1) is 15.4. The molecular formula is C11H18N4O3S. The van der Waals surface area contributed by atoms with Gasteiger partial charge in [0.1, 0.15) is 0 Å². The summed E-state index contributed by atoms with van der Waals surface area (Å²) >= 11 is 0. The van der Waals surface area contributed by atoms with Gasteiger partial charge in [-0.15, -0.1) is 0 Å². The second-order valence-electron chi connectivity index (χ2n) is 3.79. The minimum Gasteiger partial charge on any atom is -0.383 e. The van der Waals surface area contributed by atoms with Gasteiger partial charge in [-0.05, 0) is 24.3 Å². The standard InChI is InChI=1S/C11H18N4O3S/c1-18-8-7-13-11(15-12)14-9-3-5-10(6-4-9)19(2,16)17/h3-6H,7-8,12H2,1-2H3,(H2,13,14,15). The number of sulfone groups is 1. The average molecular weight is 286 g/mol. The summed E-state index contributed by atoms with van der Waals surface area (Å²) in [5.41, 5.74) is 3.10. The number of benzene rings is 1. The molecule has 0 atom stereocenters. The lowest BCUT2D eigenvalue weighted by atomic mass is 10.3. The van der Waals surface area contributed by atoms with Gasteiger partial charge in [0.2, 0.25) is 5.96 Å². The fraction of sp³-hybridized carbons (Fsp3) is 0.364. The number of aliphatic imine (C=N–C) groups is 1. The van der Waals surface area contributed by atoms with Crippen molar-refractivity contribution in [1.82, 2.24) is 5.43 Å². The summed E-state index contributed by atoms with van der Waals surface area (Å²) in [5.74, 6) is 5.70. The van der Waals surface area contributed by atoms with Crippen molar-refractivity contribution in [1.29, 1.82) is 0 Å². The molecule has 0 aliphatic carbocycles. The molecule has 0 spiro atoms. The first-order chi connectivity index (χ1) is 8.97. The van der Waals surface area contributed by atoms with E-state index in [2.05, 4.69) is 15.7 Å². The Bertz CT molecular complexity index is 525. The van der Waals surface area contributed by atoms with Gasteiger partial charge in [0.05, 0.1) is 18.0 Å². The second kappa shape index (κ2) is 7.07. The molecular weight excluding hydrogens is 268 g/mol. The van der Waals surface area contributed by atoms with E-state index in [0.29, 0.717) is 24.8 Å². The number of hydrogen-bond donors (Lipinski definition) is 3. The van der Waals surface area contributed by atoms with Gasteiger partial charge in [-0.3, -0.25) is 5.43 Å². The maximum absolute atomic E-state index is 11.3. The Hall–Kier alpha value is -1.64. The summed E-state index contributed by atoms with van der Waals surface area (Å²) in [4.78, 5) is 4.39. The Morgan fingerprint density at radius 2 is 2.00 bits per heavy atom. The van der Waals surface area contributed by atoms with Gasteiger partial charge in [-0.2, -0.15) is 0 Å². The number of nitrogens with one attached hydrogen (secondary N) is 2. The zero-order valence-corrected chi connectivity index (χ0v) is 11.7. The number of guanidine groups is 1. The first-order valence-corrected chi connectivity index (χ1v) is 7.43. The minimum absolute atomic E-state index is 0.261. The lowest BCUT2D eigenvalue weighted by Crippen LogP contribution is -2.36. The number of hydrogen-bond acceptors (Lipinski definition) is 5. The summed E-state index contributed by atoms with van der Waals surface area (Å²) in [5, 5.41) is 2.93. The van der Waals surface area contributed by atoms with Crippen molar-refractivity contribution in [2.45, 2.75) is 4.90 Å². The monoisotopic (exact) mass is 286 g/mol. The Balaban J connectivity index is 2.73. The number of ether oxygens (including phenoxy) is 1. The Morgan fingerprint density at radius 1 is 1.37 bits per heavy atom. The van der Waals surface area contributed by atoms with Gasteiger partial charge < -0.3 is 10.1 Å². The molecule has 0 heterocycles. The number of hydrazine groups is 1. The Labute approximate surface area is 112 Å². The SMILES string of the molecule is COCCN=C(NN)Nc1ccc(S(C)(=O)=O)cc1. The zero-order chi connectivity index (χ0) is 14.3. The fourth-order valence-corrected chi connectivity index (χ4v) is 1.92. The van der Waals surface area contributed by atoms with Gasteiger partial charge in [0, 0.05) is 19.1 Å². The topological polar surface area (TPSA) is 106 Å². The van der Waals surface area contributed by atoms with Crippen molar-refractivity contribution in [2.75, 3.05) is 31.8 Å². The maximum atomic E-state index is 11.3. The molecule has 1 aromatic carbocycles. The van der Waals surface area contributed by atoms with Crippen LogP contribution in [0.25, 0.3) is 0 Å². The molecule has 0 amide bonds. The highest BCUT2D eigenvalue weighted by Crippen LogP contribution is 2.13. The molecule has 0 aliphatic heterocycles. The van der Waals surface area contributed by atoms with E-state index in [1.165, 1.54) is 12.1 Å². The smallest absolute Gasteiger partial charge is 0.210 e. The molecule has 0 saturated heterocycles. The average Bonchev–Trinajstić information content (AvgIpc) is 2.37. The van der Waals surface area contributed by atoms with E-state index >= 15 is 0 Å². The van der Waals surface area contributed by atoms with Crippen LogP contribution in [0.1, 0.15) is 0 Å². The van der Waals surface area contributed by atoms with Gasteiger partial charge in [0.25, 0.3) is 0 Å². The molecule has 8 heteroatoms. The van der Waals surface area contributed by atoms with E-state index in [9.17, 15) is 8.42 Å². The molecule has 0 aliphatic rings. The first-order valence-electron chi connectivity index (χ1n) is 5.54. The summed E-state index contributed by atoms with van der Waals surface area (Å²) in [6, 6.07) is 6.31. The molecule has 0 bridgehead atoms. The van der Waals surface area contributed by atoms with Crippen LogP contribution in [0.4, 0.5) is 5.69 Å². The number of rotatable bonds is 5. The zero-order valence-electron chi connectivity index (χ0n) is 10.9. The van der Waals surface area contributed by atoms with Crippen molar-refractivity contribution in [3.05, 3.63) is 24.3 Å². The molecule has 0 radical (unpaired) electrons. The molecule has 1 aromatic rings. The second-order valence-corrected chi connectivity index (χ2v) is 5.80. The predicted molar refractivity (Wildman–Crippen MR) is 74.7 cm³/mol. The molecule has 1 rings (SSSR count). The van der Waals surface area contributed by atoms with E-state index in [1.54, 1.807) is 19.2 Å². The largest absolute Gasteiger partial charge is 0.383 e. The Kier molecular flexibility index (Phi) is 5.74. The molecule has 0 aromatic heterocycles. The molecule has 4 N–H and O–H groups in total. The van der Waals surface area contributed by atoms with Gasteiger partial charge in [0.15, 0.2) is 9.84 Å². The van der Waals surface area contributed by atoms with Gasteiger partial charge in [-0.1, -0.05) is 0 Å². The van der Waals surface area contributed by atoms with Crippen LogP contribution in [0.5, 0.6) is 0 Å². The summed E-state index contributed by atoms with van der Waals surface area (Å²) in [6.45, 7) is 0.949. The molecule has 0 saturated carbocycles. The van der Waals surface area contributed by atoms with Crippen LogP contribution < -0.4 is 16.6 Å². The van der Waals surface area contributed by atoms with E-state index in [1.807, 2.05) is 0 Å². The van der Waals surface area contributed by atoms with E-state index in [0.717, 1.165) is 6.26 Å². The number of anilines is 1. The molecule has 106 valence electrons. The van der Waals surface area contributed by atoms with Gasteiger partial charge >= 0.3 is 0 Å². The minimum atomic E-state index is -3.19. The maximum Gasteiger partial charge on any atom is 0.210 e.